The highest BCUT2D eigenvalue weighted by molar-refractivity contribution is 6.36. The van der Waals surface area contributed by atoms with Crippen LogP contribution in [0.4, 0.5) is 11.4 Å². The molecule has 1 N–H and O–H groups in total. The fourth-order valence-electron chi connectivity index (χ4n) is 1.82. The summed E-state index contributed by atoms with van der Waals surface area (Å²) in [5, 5.41) is 13.9. The van der Waals surface area contributed by atoms with Crippen molar-refractivity contribution in [3.63, 3.8) is 0 Å². The fraction of sp³-hybridized carbons (Fsp3) is 0.417. The van der Waals surface area contributed by atoms with Crippen molar-refractivity contribution < 1.29 is 19.2 Å². The molecule has 1 aliphatic rings. The van der Waals surface area contributed by atoms with Gasteiger partial charge in [-0.2, -0.15) is 0 Å². The average Bonchev–Trinajstić information content (AvgIpc) is 2.37. The van der Waals surface area contributed by atoms with Crippen molar-refractivity contribution in [2.45, 2.75) is 12.5 Å². The summed E-state index contributed by atoms with van der Waals surface area (Å²) in [6.45, 7) is 1.08. The van der Waals surface area contributed by atoms with Crippen molar-refractivity contribution in [3.05, 3.63) is 32.8 Å². The van der Waals surface area contributed by atoms with Gasteiger partial charge in [0.25, 0.3) is 5.69 Å². The summed E-state index contributed by atoms with van der Waals surface area (Å²) in [5.41, 5.74) is -0.00571. The predicted octanol–water partition coefficient (Wildman–Crippen LogP) is 2.24. The molecule has 1 saturated heterocycles. The molecule has 0 amide bonds. The van der Waals surface area contributed by atoms with Crippen molar-refractivity contribution in [3.8, 4) is 0 Å². The Morgan fingerprint density at radius 3 is 2.85 bits per heavy atom. The Bertz CT molecular complexity index is 545. The molecular formula is C12H13ClN2O5. The van der Waals surface area contributed by atoms with Gasteiger partial charge in [-0.3, -0.25) is 10.1 Å². The lowest BCUT2D eigenvalue weighted by molar-refractivity contribution is -0.384. The van der Waals surface area contributed by atoms with Crippen LogP contribution in [0.15, 0.2) is 12.1 Å². The molecule has 0 spiro atoms. The van der Waals surface area contributed by atoms with E-state index in [1.165, 1.54) is 19.2 Å². The molecule has 1 unspecified atom stereocenters. The third-order valence-corrected chi connectivity index (χ3v) is 3.41. The van der Waals surface area contributed by atoms with Gasteiger partial charge < -0.3 is 14.8 Å². The van der Waals surface area contributed by atoms with Crippen LogP contribution in [0, 0.1) is 10.1 Å². The highest BCUT2D eigenvalue weighted by Gasteiger charge is 2.25. The van der Waals surface area contributed by atoms with Crippen molar-refractivity contribution in [1.82, 2.24) is 0 Å². The van der Waals surface area contributed by atoms with Gasteiger partial charge in [0.1, 0.15) is 5.69 Å². The number of nitrogens with one attached hydrogen (secondary N) is 1. The van der Waals surface area contributed by atoms with E-state index in [1.807, 2.05) is 0 Å². The van der Waals surface area contributed by atoms with Crippen LogP contribution in [-0.2, 0) is 9.47 Å². The molecule has 1 aromatic carbocycles. The summed E-state index contributed by atoms with van der Waals surface area (Å²) in [7, 11) is 1.22. The maximum Gasteiger partial charge on any atom is 0.339 e. The molecule has 108 valence electrons. The second-order valence-corrected chi connectivity index (χ2v) is 4.61. The van der Waals surface area contributed by atoms with E-state index >= 15 is 0 Å². The lowest BCUT2D eigenvalue weighted by atomic mass is 10.1. The Kier molecular flexibility index (Phi) is 4.41. The van der Waals surface area contributed by atoms with E-state index in [0.29, 0.717) is 13.2 Å². The quantitative estimate of drug-likeness (QED) is 0.509. The fourth-order valence-corrected chi connectivity index (χ4v) is 2.12. The largest absolute Gasteiger partial charge is 0.465 e. The van der Waals surface area contributed by atoms with Gasteiger partial charge >= 0.3 is 5.97 Å². The molecule has 1 aromatic rings. The summed E-state index contributed by atoms with van der Waals surface area (Å²) in [4.78, 5) is 22.0. The summed E-state index contributed by atoms with van der Waals surface area (Å²) < 4.78 is 9.81. The van der Waals surface area contributed by atoms with Crippen molar-refractivity contribution in [2.24, 2.45) is 0 Å². The van der Waals surface area contributed by atoms with Crippen LogP contribution >= 0.6 is 11.6 Å². The Labute approximate surface area is 120 Å². The van der Waals surface area contributed by atoms with Crippen LogP contribution < -0.4 is 5.32 Å². The Balaban J connectivity index is 2.32. The first-order valence-electron chi connectivity index (χ1n) is 5.95. The van der Waals surface area contributed by atoms with Gasteiger partial charge in [0.05, 0.1) is 28.7 Å². The minimum absolute atomic E-state index is 0.00690. The zero-order valence-electron chi connectivity index (χ0n) is 10.7. The smallest absolute Gasteiger partial charge is 0.339 e. The van der Waals surface area contributed by atoms with Crippen LogP contribution in [-0.4, -0.2) is 37.3 Å². The van der Waals surface area contributed by atoms with Crippen LogP contribution in [0.2, 0.25) is 5.02 Å². The van der Waals surface area contributed by atoms with Crippen molar-refractivity contribution in [1.29, 1.82) is 0 Å². The first-order valence-corrected chi connectivity index (χ1v) is 6.33. The van der Waals surface area contributed by atoms with Crippen LogP contribution in [0.5, 0.6) is 0 Å². The van der Waals surface area contributed by atoms with E-state index in [1.54, 1.807) is 0 Å². The molecule has 0 radical (unpaired) electrons. The number of rotatable bonds is 5. The molecular weight excluding hydrogens is 288 g/mol. The molecule has 0 aliphatic carbocycles. The Morgan fingerprint density at radius 1 is 1.65 bits per heavy atom. The van der Waals surface area contributed by atoms with Crippen molar-refractivity contribution >= 4 is 28.9 Å². The second kappa shape index (κ2) is 6.06. The summed E-state index contributed by atoms with van der Waals surface area (Å²) >= 11 is 6.07. The second-order valence-electron chi connectivity index (χ2n) is 4.23. The number of hydrogen-bond acceptors (Lipinski definition) is 6. The van der Waals surface area contributed by atoms with Gasteiger partial charge in [-0.05, 0) is 12.5 Å². The number of benzene rings is 1. The first kappa shape index (κ1) is 14.5. The molecule has 20 heavy (non-hydrogen) atoms. The number of ether oxygens (including phenoxy) is 2. The van der Waals surface area contributed by atoms with Gasteiger partial charge in [-0.15, -0.1) is 0 Å². The van der Waals surface area contributed by atoms with Gasteiger partial charge in [0.15, 0.2) is 0 Å². The number of carbonyl (C=O) groups is 1. The monoisotopic (exact) mass is 300 g/mol. The third kappa shape index (κ3) is 2.83. The van der Waals surface area contributed by atoms with Crippen LogP contribution in [0.25, 0.3) is 0 Å². The zero-order valence-corrected chi connectivity index (χ0v) is 11.5. The number of nitro groups is 1. The molecule has 1 fully saturated rings. The SMILES string of the molecule is COC(=O)c1ccc([N+](=O)[O-])c(NCC2CCO2)c1Cl. The van der Waals surface area contributed by atoms with E-state index in [0.717, 1.165) is 6.42 Å². The van der Waals surface area contributed by atoms with E-state index in [2.05, 4.69) is 10.1 Å². The van der Waals surface area contributed by atoms with Crippen LogP contribution in [0.1, 0.15) is 16.8 Å². The van der Waals surface area contributed by atoms with Gasteiger partial charge in [0, 0.05) is 19.2 Å². The van der Waals surface area contributed by atoms with E-state index in [9.17, 15) is 14.9 Å². The maximum absolute atomic E-state index is 11.5. The number of halogens is 1. The maximum atomic E-state index is 11.5. The molecule has 7 nitrogen and oxygen atoms in total. The molecule has 1 aliphatic heterocycles. The minimum Gasteiger partial charge on any atom is -0.465 e. The van der Waals surface area contributed by atoms with Crippen molar-refractivity contribution in [2.75, 3.05) is 25.6 Å². The molecule has 0 bridgehead atoms. The number of esters is 1. The average molecular weight is 301 g/mol. The van der Waals surface area contributed by atoms with E-state index in [-0.39, 0.29) is 28.1 Å². The number of anilines is 1. The summed E-state index contributed by atoms with van der Waals surface area (Å²) in [6, 6.07) is 2.50. The van der Waals surface area contributed by atoms with Gasteiger partial charge in [-0.1, -0.05) is 11.6 Å². The molecule has 1 heterocycles. The predicted molar refractivity (Wildman–Crippen MR) is 72.3 cm³/mol. The van der Waals surface area contributed by atoms with E-state index in [4.69, 9.17) is 16.3 Å². The lowest BCUT2D eigenvalue weighted by Gasteiger charge is -2.27. The highest BCUT2D eigenvalue weighted by Crippen LogP contribution is 2.35. The van der Waals surface area contributed by atoms with Gasteiger partial charge in [0.2, 0.25) is 0 Å². The molecule has 0 saturated carbocycles. The molecule has 8 heteroatoms. The summed E-state index contributed by atoms with van der Waals surface area (Å²) in [6.07, 6.45) is 0.891. The molecule has 0 aromatic heterocycles. The normalized spacial score (nSPS) is 17.2. The van der Waals surface area contributed by atoms with Crippen LogP contribution in [0.3, 0.4) is 0 Å². The summed E-state index contributed by atoms with van der Waals surface area (Å²) in [5.74, 6) is -0.646. The number of nitro benzene ring substituents is 1. The third-order valence-electron chi connectivity index (χ3n) is 3.02. The number of methoxy groups -OCH3 is 1. The van der Waals surface area contributed by atoms with E-state index < -0.39 is 10.9 Å². The number of carbonyl (C=O) groups excluding carboxylic acids is 1. The zero-order chi connectivity index (χ0) is 14.7. The lowest BCUT2D eigenvalue weighted by Crippen LogP contribution is -2.33. The minimum atomic E-state index is -0.646. The van der Waals surface area contributed by atoms with Gasteiger partial charge in [-0.25, -0.2) is 4.79 Å². The first-order chi connectivity index (χ1) is 9.54. The standard InChI is InChI=1S/C12H13ClN2O5/c1-19-12(16)8-2-3-9(15(17)18)11(10(8)13)14-6-7-4-5-20-7/h2-3,7,14H,4-6H2,1H3. The number of hydrogen-bond donors (Lipinski definition) is 1. The topological polar surface area (TPSA) is 90.7 Å². The molecule has 2 rings (SSSR count). The Hall–Kier alpha value is -1.86. The highest BCUT2D eigenvalue weighted by atomic mass is 35.5. The Morgan fingerprint density at radius 2 is 2.35 bits per heavy atom. The molecule has 1 atom stereocenters. The number of nitrogens with zero attached hydrogens (tertiary/aromatic N) is 1.